The Morgan fingerprint density at radius 1 is 1.29 bits per heavy atom. The molecule has 1 unspecified atom stereocenters. The molecule has 1 fully saturated rings. The monoisotopic (exact) mass is 381 g/mol. The lowest BCUT2D eigenvalue weighted by Crippen LogP contribution is -2.39. The number of carbonyl (C=O) groups is 1. The summed E-state index contributed by atoms with van der Waals surface area (Å²) in [5, 5.41) is 15.2. The maximum absolute atomic E-state index is 12.9. The Labute approximate surface area is 162 Å². The molecule has 0 bridgehead atoms. The molecule has 9 nitrogen and oxygen atoms in total. The molecular formula is C19H23N7O2. The van der Waals surface area contributed by atoms with Gasteiger partial charge in [0.1, 0.15) is 6.33 Å². The van der Waals surface area contributed by atoms with Crippen molar-refractivity contribution < 1.29 is 9.32 Å². The Balaban J connectivity index is 1.44. The van der Waals surface area contributed by atoms with Crippen molar-refractivity contribution in [3.05, 3.63) is 47.9 Å². The number of carbonyl (C=O) groups excluding carboxylic acids is 1. The third-order valence-corrected chi connectivity index (χ3v) is 4.86. The highest BCUT2D eigenvalue weighted by Crippen LogP contribution is 2.27. The number of tetrazole rings is 1. The molecule has 0 aliphatic carbocycles. The van der Waals surface area contributed by atoms with Crippen LogP contribution in [0.2, 0.25) is 0 Å². The van der Waals surface area contributed by atoms with Crippen molar-refractivity contribution in [1.82, 2.24) is 35.2 Å². The number of rotatable bonds is 5. The van der Waals surface area contributed by atoms with Crippen LogP contribution in [0, 0.1) is 5.92 Å². The normalized spacial score (nSPS) is 17.2. The zero-order valence-electron chi connectivity index (χ0n) is 16.0. The minimum atomic E-state index is 0.00915. The van der Waals surface area contributed by atoms with Gasteiger partial charge in [0, 0.05) is 25.1 Å². The number of benzene rings is 1. The van der Waals surface area contributed by atoms with Gasteiger partial charge in [-0.15, -0.1) is 5.10 Å². The molecule has 9 heteroatoms. The van der Waals surface area contributed by atoms with E-state index < -0.39 is 0 Å². The molecule has 4 rings (SSSR count). The molecule has 1 saturated heterocycles. The quantitative estimate of drug-likeness (QED) is 0.668. The van der Waals surface area contributed by atoms with Gasteiger partial charge in [-0.1, -0.05) is 19.0 Å². The van der Waals surface area contributed by atoms with Gasteiger partial charge in [-0.05, 0) is 53.5 Å². The van der Waals surface area contributed by atoms with Crippen LogP contribution in [-0.2, 0) is 6.42 Å². The van der Waals surface area contributed by atoms with Gasteiger partial charge in [0.15, 0.2) is 5.82 Å². The average molecular weight is 381 g/mol. The zero-order valence-corrected chi connectivity index (χ0v) is 16.0. The van der Waals surface area contributed by atoms with E-state index in [2.05, 4.69) is 39.5 Å². The number of likely N-dealkylation sites (tertiary alicyclic amines) is 1. The molecule has 1 aliphatic heterocycles. The van der Waals surface area contributed by atoms with Gasteiger partial charge in [0.05, 0.1) is 11.6 Å². The molecule has 2 aromatic heterocycles. The molecule has 28 heavy (non-hydrogen) atoms. The van der Waals surface area contributed by atoms with Crippen LogP contribution in [0.1, 0.15) is 54.7 Å². The number of hydrogen-bond acceptors (Lipinski definition) is 7. The Morgan fingerprint density at radius 2 is 2.11 bits per heavy atom. The standard InChI is InChI=1S/C19H23N7O2/c1-13(2)10-17-21-18(28-22-17)15-4-3-9-25(11-15)19(27)14-5-7-16(8-6-14)26-12-20-23-24-26/h5-8,12-13,15H,3-4,9-11H2,1-2H3. The number of amides is 1. The fraction of sp³-hybridized carbons (Fsp3) is 0.474. The van der Waals surface area contributed by atoms with Gasteiger partial charge in [-0.25, -0.2) is 4.68 Å². The summed E-state index contributed by atoms with van der Waals surface area (Å²) < 4.78 is 7.03. The van der Waals surface area contributed by atoms with Crippen molar-refractivity contribution in [2.45, 2.75) is 39.0 Å². The van der Waals surface area contributed by atoms with E-state index in [1.54, 1.807) is 16.8 Å². The molecule has 0 radical (unpaired) electrons. The predicted molar refractivity (Wildman–Crippen MR) is 99.9 cm³/mol. The first-order valence-electron chi connectivity index (χ1n) is 9.55. The maximum atomic E-state index is 12.9. The van der Waals surface area contributed by atoms with Crippen LogP contribution < -0.4 is 0 Å². The fourth-order valence-corrected chi connectivity index (χ4v) is 3.46. The molecule has 1 aromatic carbocycles. The van der Waals surface area contributed by atoms with Crippen molar-refractivity contribution in [2.24, 2.45) is 5.92 Å². The highest BCUT2D eigenvalue weighted by atomic mass is 16.5. The Kier molecular flexibility index (Phi) is 5.14. The average Bonchev–Trinajstić information content (AvgIpc) is 3.39. The lowest BCUT2D eigenvalue weighted by Gasteiger charge is -2.31. The highest BCUT2D eigenvalue weighted by molar-refractivity contribution is 5.94. The first-order chi connectivity index (χ1) is 13.6. The van der Waals surface area contributed by atoms with Gasteiger partial charge < -0.3 is 9.42 Å². The molecule has 0 spiro atoms. The lowest BCUT2D eigenvalue weighted by atomic mass is 9.97. The van der Waals surface area contributed by atoms with E-state index in [1.807, 2.05) is 17.0 Å². The summed E-state index contributed by atoms with van der Waals surface area (Å²) in [6.45, 7) is 5.58. The van der Waals surface area contributed by atoms with Crippen molar-refractivity contribution >= 4 is 5.91 Å². The van der Waals surface area contributed by atoms with Crippen LogP contribution in [0.3, 0.4) is 0 Å². The fourth-order valence-electron chi connectivity index (χ4n) is 3.46. The summed E-state index contributed by atoms with van der Waals surface area (Å²) in [4.78, 5) is 19.3. The second kappa shape index (κ2) is 7.87. The van der Waals surface area contributed by atoms with Crippen molar-refractivity contribution in [2.75, 3.05) is 13.1 Å². The third kappa shape index (κ3) is 3.92. The van der Waals surface area contributed by atoms with Crippen LogP contribution in [0.15, 0.2) is 35.1 Å². The zero-order chi connectivity index (χ0) is 19.5. The minimum absolute atomic E-state index is 0.00915. The Morgan fingerprint density at radius 3 is 2.82 bits per heavy atom. The topological polar surface area (TPSA) is 103 Å². The minimum Gasteiger partial charge on any atom is -0.339 e. The highest BCUT2D eigenvalue weighted by Gasteiger charge is 2.29. The number of piperidine rings is 1. The molecule has 1 atom stereocenters. The Bertz CT molecular complexity index is 918. The van der Waals surface area contributed by atoms with Gasteiger partial charge in [-0.2, -0.15) is 4.98 Å². The van der Waals surface area contributed by atoms with Crippen LogP contribution in [0.25, 0.3) is 5.69 Å². The second-order valence-corrected chi connectivity index (χ2v) is 7.54. The van der Waals surface area contributed by atoms with Crippen LogP contribution in [-0.4, -0.2) is 54.2 Å². The maximum Gasteiger partial charge on any atom is 0.253 e. The van der Waals surface area contributed by atoms with E-state index in [0.29, 0.717) is 23.9 Å². The van der Waals surface area contributed by atoms with E-state index in [0.717, 1.165) is 37.3 Å². The third-order valence-electron chi connectivity index (χ3n) is 4.86. The summed E-state index contributed by atoms with van der Waals surface area (Å²) in [5.41, 5.74) is 1.45. The molecular weight excluding hydrogens is 358 g/mol. The van der Waals surface area contributed by atoms with Crippen LogP contribution in [0.4, 0.5) is 0 Å². The first kappa shape index (κ1) is 18.3. The van der Waals surface area contributed by atoms with Gasteiger partial charge in [0.25, 0.3) is 5.91 Å². The largest absolute Gasteiger partial charge is 0.339 e. The predicted octanol–water partition coefficient (Wildman–Crippen LogP) is 2.26. The SMILES string of the molecule is CC(C)Cc1noc(C2CCCN(C(=O)c3ccc(-n4cnnn4)cc3)C2)n1. The van der Waals surface area contributed by atoms with Crippen LogP contribution in [0.5, 0.6) is 0 Å². The van der Waals surface area contributed by atoms with Crippen molar-refractivity contribution in [3.63, 3.8) is 0 Å². The first-order valence-corrected chi connectivity index (χ1v) is 9.55. The number of aromatic nitrogens is 6. The second-order valence-electron chi connectivity index (χ2n) is 7.54. The molecule has 146 valence electrons. The lowest BCUT2D eigenvalue weighted by molar-refractivity contribution is 0.0695. The summed E-state index contributed by atoms with van der Waals surface area (Å²) in [6, 6.07) is 7.27. The van der Waals surface area contributed by atoms with E-state index in [1.165, 1.54) is 6.33 Å². The molecule has 1 aliphatic rings. The van der Waals surface area contributed by atoms with Gasteiger partial charge >= 0.3 is 0 Å². The van der Waals surface area contributed by atoms with E-state index >= 15 is 0 Å². The number of nitrogens with zero attached hydrogens (tertiary/aromatic N) is 7. The Hall–Kier alpha value is -3.10. The smallest absolute Gasteiger partial charge is 0.253 e. The molecule has 0 saturated carbocycles. The number of hydrogen-bond donors (Lipinski definition) is 0. The van der Waals surface area contributed by atoms with E-state index in [9.17, 15) is 4.79 Å². The summed E-state index contributed by atoms with van der Waals surface area (Å²) in [6.07, 6.45) is 4.18. The molecule has 1 amide bonds. The van der Waals surface area contributed by atoms with Crippen molar-refractivity contribution in [1.29, 1.82) is 0 Å². The van der Waals surface area contributed by atoms with E-state index in [-0.39, 0.29) is 11.8 Å². The molecule has 3 heterocycles. The van der Waals surface area contributed by atoms with E-state index in [4.69, 9.17) is 4.52 Å². The summed E-state index contributed by atoms with van der Waals surface area (Å²) in [7, 11) is 0. The van der Waals surface area contributed by atoms with Gasteiger partial charge in [0.2, 0.25) is 5.89 Å². The van der Waals surface area contributed by atoms with Crippen molar-refractivity contribution in [3.8, 4) is 5.69 Å². The summed E-state index contributed by atoms with van der Waals surface area (Å²) >= 11 is 0. The molecule has 3 aromatic rings. The molecule has 0 N–H and O–H groups in total. The van der Waals surface area contributed by atoms with Crippen LogP contribution >= 0.6 is 0 Å². The summed E-state index contributed by atoms with van der Waals surface area (Å²) in [5.74, 6) is 1.96. The van der Waals surface area contributed by atoms with Gasteiger partial charge in [-0.3, -0.25) is 4.79 Å².